The molecule has 3 rings (SSSR count). The highest BCUT2D eigenvalue weighted by atomic mass is 32.2. The van der Waals surface area contributed by atoms with Crippen molar-refractivity contribution in [2.75, 3.05) is 12.4 Å². The van der Waals surface area contributed by atoms with Gasteiger partial charge in [0.25, 0.3) is 10.1 Å². The maximum Gasteiger partial charge on any atom is 0.407 e. The van der Waals surface area contributed by atoms with E-state index in [4.69, 9.17) is 9.29 Å². The molecule has 0 spiro atoms. The van der Waals surface area contributed by atoms with Crippen LogP contribution in [-0.2, 0) is 14.9 Å². The molecule has 0 heterocycles. The molecule has 0 saturated heterocycles. The molecule has 2 N–H and O–H groups in total. The van der Waals surface area contributed by atoms with E-state index in [1.54, 1.807) is 0 Å². The van der Waals surface area contributed by atoms with Gasteiger partial charge in [0.2, 0.25) is 0 Å². The fourth-order valence-electron chi connectivity index (χ4n) is 3.40. The minimum Gasteiger partial charge on any atom is -0.449 e. The molecule has 0 aromatic heterocycles. The molecule has 2 aromatic carbocycles. The quantitative estimate of drug-likeness (QED) is 0.783. The molecule has 1 aliphatic rings. The molecule has 0 unspecified atom stereocenters. The predicted molar refractivity (Wildman–Crippen MR) is 98.7 cm³/mol. The van der Waals surface area contributed by atoms with Crippen LogP contribution < -0.4 is 5.32 Å². The third kappa shape index (κ3) is 4.05. The van der Waals surface area contributed by atoms with Gasteiger partial charge in [-0.15, -0.1) is 0 Å². The van der Waals surface area contributed by atoms with E-state index in [9.17, 15) is 13.2 Å². The van der Waals surface area contributed by atoms with Crippen molar-refractivity contribution in [3.05, 3.63) is 59.7 Å². The summed E-state index contributed by atoms with van der Waals surface area (Å²) in [5.74, 6) is -0.665. The second-order valence-corrected chi connectivity index (χ2v) is 8.51. The summed E-state index contributed by atoms with van der Waals surface area (Å²) in [6.45, 7) is 3.15. The van der Waals surface area contributed by atoms with E-state index in [-0.39, 0.29) is 12.5 Å². The molecule has 6 nitrogen and oxygen atoms in total. The van der Waals surface area contributed by atoms with E-state index in [0.29, 0.717) is 0 Å². The van der Waals surface area contributed by atoms with Crippen molar-refractivity contribution in [2.24, 2.45) is 0 Å². The molecule has 1 amide bonds. The maximum atomic E-state index is 12.1. The summed E-state index contributed by atoms with van der Waals surface area (Å²) in [5.41, 5.74) is 3.31. The van der Waals surface area contributed by atoms with Crippen molar-refractivity contribution >= 4 is 16.2 Å². The van der Waals surface area contributed by atoms with Crippen LogP contribution in [0, 0.1) is 0 Å². The number of nitrogens with one attached hydrogen (secondary N) is 1. The number of amides is 1. The lowest BCUT2D eigenvalue weighted by Gasteiger charge is -2.24. The van der Waals surface area contributed by atoms with Crippen LogP contribution in [0.4, 0.5) is 4.79 Å². The van der Waals surface area contributed by atoms with Crippen LogP contribution in [0.3, 0.4) is 0 Å². The Hall–Kier alpha value is -2.38. The first kappa shape index (κ1) is 18.4. The van der Waals surface area contributed by atoms with Gasteiger partial charge in [0.1, 0.15) is 6.61 Å². The minimum atomic E-state index is -4.21. The van der Waals surface area contributed by atoms with Crippen LogP contribution in [0.2, 0.25) is 0 Å². The summed E-state index contributed by atoms with van der Waals surface area (Å²) in [6.07, 6.45) is -0.722. The Morgan fingerprint density at radius 3 is 2.08 bits per heavy atom. The van der Waals surface area contributed by atoms with E-state index in [2.05, 4.69) is 5.32 Å². The molecule has 7 heteroatoms. The lowest BCUT2D eigenvalue weighted by atomic mass is 9.98. The van der Waals surface area contributed by atoms with E-state index in [1.165, 1.54) is 13.8 Å². The molecule has 26 heavy (non-hydrogen) atoms. The number of ether oxygens (including phenoxy) is 1. The lowest BCUT2D eigenvalue weighted by Crippen LogP contribution is -2.48. The fourth-order valence-corrected chi connectivity index (χ4v) is 4.39. The lowest BCUT2D eigenvalue weighted by molar-refractivity contribution is 0.134. The average molecular weight is 375 g/mol. The number of benzene rings is 2. The largest absolute Gasteiger partial charge is 0.449 e. The number of rotatable bonds is 5. The number of carbonyl (C=O) groups excluding carboxylic acids is 1. The number of hydrogen-bond donors (Lipinski definition) is 2. The molecular weight excluding hydrogens is 354 g/mol. The van der Waals surface area contributed by atoms with Gasteiger partial charge in [-0.25, -0.2) is 4.79 Å². The zero-order valence-corrected chi connectivity index (χ0v) is 15.4. The molecule has 1 aliphatic carbocycles. The monoisotopic (exact) mass is 375 g/mol. The van der Waals surface area contributed by atoms with Crippen molar-refractivity contribution in [1.29, 1.82) is 0 Å². The Bertz CT molecular complexity index is 891. The van der Waals surface area contributed by atoms with Crippen LogP contribution in [0.15, 0.2) is 48.5 Å². The van der Waals surface area contributed by atoms with Gasteiger partial charge in [-0.05, 0) is 36.1 Å². The topological polar surface area (TPSA) is 92.7 Å². The second-order valence-electron chi connectivity index (χ2n) is 7.06. The molecule has 0 atom stereocenters. The third-order valence-electron chi connectivity index (χ3n) is 4.33. The van der Waals surface area contributed by atoms with Gasteiger partial charge in [0.05, 0.1) is 11.3 Å². The number of alkyl carbamates (subject to hydrolysis) is 1. The zero-order chi connectivity index (χ0) is 18.9. The van der Waals surface area contributed by atoms with Crippen molar-refractivity contribution in [3.63, 3.8) is 0 Å². The number of hydrogen-bond acceptors (Lipinski definition) is 4. The first-order valence-electron chi connectivity index (χ1n) is 8.25. The standard InChI is InChI=1S/C19H21NO5S/c1-19(2,12-26(22,23)24)20-18(21)25-11-17-15-9-5-3-7-13(15)14-8-4-6-10-16(14)17/h3-10,17H,11-12H2,1-2H3,(H,20,21)(H,22,23,24). The van der Waals surface area contributed by atoms with Crippen molar-refractivity contribution in [1.82, 2.24) is 5.32 Å². The Morgan fingerprint density at radius 2 is 1.58 bits per heavy atom. The Morgan fingerprint density at radius 1 is 1.08 bits per heavy atom. The summed E-state index contributed by atoms with van der Waals surface area (Å²) < 4.78 is 36.4. The third-order valence-corrected chi connectivity index (χ3v) is 5.41. The predicted octanol–water partition coefficient (Wildman–Crippen LogP) is 3.19. The van der Waals surface area contributed by atoms with E-state index in [0.717, 1.165) is 22.3 Å². The van der Waals surface area contributed by atoms with Gasteiger partial charge in [-0.1, -0.05) is 48.5 Å². The Labute approximate surface area is 152 Å². The molecule has 138 valence electrons. The van der Waals surface area contributed by atoms with E-state index >= 15 is 0 Å². The van der Waals surface area contributed by atoms with Gasteiger partial charge in [-0.2, -0.15) is 8.42 Å². The van der Waals surface area contributed by atoms with Crippen LogP contribution in [-0.4, -0.2) is 37.0 Å². The van der Waals surface area contributed by atoms with Crippen molar-refractivity contribution in [3.8, 4) is 11.1 Å². The van der Waals surface area contributed by atoms with Crippen LogP contribution in [0.25, 0.3) is 11.1 Å². The Balaban J connectivity index is 1.71. The zero-order valence-electron chi connectivity index (χ0n) is 14.6. The fraction of sp³-hybridized carbons (Fsp3) is 0.316. The van der Waals surface area contributed by atoms with Gasteiger partial charge >= 0.3 is 6.09 Å². The van der Waals surface area contributed by atoms with Gasteiger partial charge < -0.3 is 10.1 Å². The first-order chi connectivity index (χ1) is 12.2. The smallest absolute Gasteiger partial charge is 0.407 e. The summed E-state index contributed by atoms with van der Waals surface area (Å²) in [6, 6.07) is 16.0. The highest BCUT2D eigenvalue weighted by Gasteiger charge is 2.31. The number of carbonyl (C=O) groups is 1. The minimum absolute atomic E-state index is 0.0714. The van der Waals surface area contributed by atoms with Crippen molar-refractivity contribution in [2.45, 2.75) is 25.3 Å². The second kappa shape index (κ2) is 6.74. The van der Waals surface area contributed by atoms with Crippen molar-refractivity contribution < 1.29 is 22.5 Å². The normalized spacial score (nSPS) is 13.8. The van der Waals surface area contributed by atoms with Crippen LogP contribution in [0.1, 0.15) is 30.9 Å². The van der Waals surface area contributed by atoms with Crippen LogP contribution in [0.5, 0.6) is 0 Å². The SMILES string of the molecule is CC(C)(CS(=O)(=O)O)NC(=O)OCC1c2ccccc2-c2ccccc21. The number of fused-ring (bicyclic) bond motifs is 3. The first-order valence-corrected chi connectivity index (χ1v) is 9.85. The van der Waals surface area contributed by atoms with E-state index < -0.39 is 27.5 Å². The van der Waals surface area contributed by atoms with Gasteiger partial charge in [0, 0.05) is 5.92 Å². The molecule has 0 bridgehead atoms. The van der Waals surface area contributed by atoms with Gasteiger partial charge in [0.15, 0.2) is 0 Å². The molecule has 2 aromatic rings. The molecule has 0 aliphatic heterocycles. The van der Waals surface area contributed by atoms with Gasteiger partial charge in [-0.3, -0.25) is 4.55 Å². The average Bonchev–Trinajstić information content (AvgIpc) is 2.84. The summed E-state index contributed by atoms with van der Waals surface area (Å²) in [7, 11) is -4.21. The molecule has 0 radical (unpaired) electrons. The highest BCUT2D eigenvalue weighted by molar-refractivity contribution is 7.85. The maximum absolute atomic E-state index is 12.1. The molecule has 0 fully saturated rings. The summed E-state index contributed by atoms with van der Waals surface area (Å²) >= 11 is 0. The molecule has 0 saturated carbocycles. The summed E-state index contributed by atoms with van der Waals surface area (Å²) in [4.78, 5) is 12.1. The Kier molecular flexibility index (Phi) is 4.77. The van der Waals surface area contributed by atoms with E-state index in [1.807, 2.05) is 48.5 Å². The highest BCUT2D eigenvalue weighted by Crippen LogP contribution is 2.44. The summed E-state index contributed by atoms with van der Waals surface area (Å²) in [5, 5.41) is 2.48. The van der Waals surface area contributed by atoms with Crippen LogP contribution >= 0.6 is 0 Å². The molecular formula is C19H21NO5S.